The van der Waals surface area contributed by atoms with Crippen LogP contribution in [0.4, 0.5) is 0 Å². The third-order valence-electron chi connectivity index (χ3n) is 4.60. The molecule has 0 unspecified atom stereocenters. The Morgan fingerprint density at radius 2 is 1.09 bits per heavy atom. The fraction of sp³-hybridized carbons (Fsp3) is 0.682. The molecule has 0 aliphatic heterocycles. The zero-order valence-electron chi connectivity index (χ0n) is 15.2. The van der Waals surface area contributed by atoms with Gasteiger partial charge in [0.2, 0.25) is 0 Å². The lowest BCUT2D eigenvalue weighted by Crippen LogP contribution is -1.89. The summed E-state index contributed by atoms with van der Waals surface area (Å²) in [5, 5.41) is 8.56. The smallest absolute Gasteiger partial charge is 0.0621 e. The highest BCUT2D eigenvalue weighted by Crippen LogP contribution is 2.13. The summed E-state index contributed by atoms with van der Waals surface area (Å²) >= 11 is 0. The summed E-state index contributed by atoms with van der Waals surface area (Å²) in [6, 6.07) is 11.2. The number of hydrogen-bond donors (Lipinski definition) is 0. The molecule has 0 aromatic heterocycles. The summed E-state index contributed by atoms with van der Waals surface area (Å²) in [5.41, 5.74) is 2.83. The molecule has 0 aliphatic rings. The molecule has 0 saturated heterocycles. The van der Waals surface area contributed by atoms with Crippen LogP contribution in [0.15, 0.2) is 24.3 Å². The van der Waals surface area contributed by atoms with E-state index in [2.05, 4.69) is 37.3 Å². The van der Waals surface area contributed by atoms with Gasteiger partial charge in [0, 0.05) is 6.42 Å². The molecule has 0 radical (unpaired) electrons. The lowest BCUT2D eigenvalue weighted by molar-refractivity contribution is 0.556. The molecule has 0 heterocycles. The van der Waals surface area contributed by atoms with Gasteiger partial charge < -0.3 is 0 Å². The normalized spacial score (nSPS) is 10.6. The molecular weight excluding hydrogens is 278 g/mol. The minimum absolute atomic E-state index is 0.667. The van der Waals surface area contributed by atoms with Crippen LogP contribution in [0.25, 0.3) is 0 Å². The van der Waals surface area contributed by atoms with E-state index in [0.717, 1.165) is 12.8 Å². The van der Waals surface area contributed by atoms with Crippen molar-refractivity contribution in [3.05, 3.63) is 35.4 Å². The number of benzene rings is 1. The van der Waals surface area contributed by atoms with E-state index in [1.54, 1.807) is 0 Å². The number of nitriles is 1. The maximum Gasteiger partial charge on any atom is 0.0621 e. The Balaban J connectivity index is 1.98. The molecule has 1 rings (SSSR count). The lowest BCUT2D eigenvalue weighted by Gasteiger charge is -2.05. The van der Waals surface area contributed by atoms with Crippen LogP contribution in [0, 0.1) is 11.3 Å². The first-order valence-electron chi connectivity index (χ1n) is 9.81. The first-order valence-corrected chi connectivity index (χ1v) is 9.81. The molecule has 0 bridgehead atoms. The van der Waals surface area contributed by atoms with Crippen LogP contribution in [0.3, 0.4) is 0 Å². The summed E-state index contributed by atoms with van der Waals surface area (Å²) in [6.07, 6.45) is 17.9. The largest absolute Gasteiger partial charge is 0.198 e. The van der Waals surface area contributed by atoms with E-state index in [1.807, 2.05) is 0 Å². The van der Waals surface area contributed by atoms with E-state index in [9.17, 15) is 0 Å². The van der Waals surface area contributed by atoms with Gasteiger partial charge in [-0.05, 0) is 36.8 Å². The second-order valence-electron chi connectivity index (χ2n) is 6.76. The van der Waals surface area contributed by atoms with E-state index in [-0.39, 0.29) is 0 Å². The van der Waals surface area contributed by atoms with Crippen molar-refractivity contribution in [2.75, 3.05) is 0 Å². The summed E-state index contributed by atoms with van der Waals surface area (Å²) in [4.78, 5) is 0. The van der Waals surface area contributed by atoms with Gasteiger partial charge in [-0.3, -0.25) is 0 Å². The Labute approximate surface area is 144 Å². The quantitative estimate of drug-likeness (QED) is 0.339. The molecule has 0 aliphatic carbocycles. The minimum atomic E-state index is 0.667. The standard InChI is InChI=1S/C22H35N/c1-2-3-4-5-6-7-8-9-10-11-14-21-16-18-22(19-17-21)15-12-13-20-23/h16-19H,2-15H2,1H3. The van der Waals surface area contributed by atoms with Crippen molar-refractivity contribution < 1.29 is 0 Å². The molecule has 0 amide bonds. The van der Waals surface area contributed by atoms with Gasteiger partial charge in [-0.1, -0.05) is 89.0 Å². The molecule has 0 saturated carbocycles. The van der Waals surface area contributed by atoms with E-state index in [1.165, 1.54) is 81.8 Å². The predicted molar refractivity (Wildman–Crippen MR) is 101 cm³/mol. The number of aryl methyl sites for hydroxylation is 2. The molecule has 1 heteroatoms. The van der Waals surface area contributed by atoms with Crippen LogP contribution >= 0.6 is 0 Å². The molecule has 0 atom stereocenters. The third-order valence-corrected chi connectivity index (χ3v) is 4.60. The van der Waals surface area contributed by atoms with Gasteiger partial charge in [-0.25, -0.2) is 0 Å². The Morgan fingerprint density at radius 1 is 0.652 bits per heavy atom. The fourth-order valence-corrected chi connectivity index (χ4v) is 3.06. The van der Waals surface area contributed by atoms with Gasteiger partial charge in [0.25, 0.3) is 0 Å². The van der Waals surface area contributed by atoms with E-state index in [0.29, 0.717) is 6.42 Å². The monoisotopic (exact) mass is 313 g/mol. The van der Waals surface area contributed by atoms with Crippen LogP contribution in [0.5, 0.6) is 0 Å². The Bertz CT molecular complexity index is 413. The van der Waals surface area contributed by atoms with Gasteiger partial charge >= 0.3 is 0 Å². The average molecular weight is 314 g/mol. The number of rotatable bonds is 14. The van der Waals surface area contributed by atoms with Crippen molar-refractivity contribution in [1.29, 1.82) is 5.26 Å². The highest BCUT2D eigenvalue weighted by Gasteiger charge is 1.97. The molecule has 23 heavy (non-hydrogen) atoms. The van der Waals surface area contributed by atoms with Gasteiger partial charge in [0.05, 0.1) is 6.07 Å². The number of unbranched alkanes of at least 4 members (excludes halogenated alkanes) is 10. The summed E-state index contributed by atoms with van der Waals surface area (Å²) in [7, 11) is 0. The van der Waals surface area contributed by atoms with Gasteiger partial charge in [0.1, 0.15) is 0 Å². The summed E-state index contributed by atoms with van der Waals surface area (Å²) in [6.45, 7) is 2.28. The van der Waals surface area contributed by atoms with Crippen molar-refractivity contribution in [1.82, 2.24) is 0 Å². The average Bonchev–Trinajstić information content (AvgIpc) is 2.58. The van der Waals surface area contributed by atoms with E-state index in [4.69, 9.17) is 5.26 Å². The van der Waals surface area contributed by atoms with Crippen molar-refractivity contribution in [3.8, 4) is 6.07 Å². The van der Waals surface area contributed by atoms with E-state index >= 15 is 0 Å². The molecule has 1 aromatic rings. The molecule has 0 N–H and O–H groups in total. The molecule has 128 valence electrons. The number of hydrogen-bond acceptors (Lipinski definition) is 1. The summed E-state index contributed by atoms with van der Waals surface area (Å²) in [5.74, 6) is 0. The zero-order valence-corrected chi connectivity index (χ0v) is 15.2. The van der Waals surface area contributed by atoms with Crippen LogP contribution < -0.4 is 0 Å². The third kappa shape index (κ3) is 11.0. The highest BCUT2D eigenvalue weighted by atomic mass is 14.2. The molecule has 0 spiro atoms. The van der Waals surface area contributed by atoms with Crippen molar-refractivity contribution in [2.45, 2.75) is 96.8 Å². The predicted octanol–water partition coefficient (Wildman–Crippen LogP) is 7.00. The molecule has 1 aromatic carbocycles. The zero-order chi connectivity index (χ0) is 16.6. The van der Waals surface area contributed by atoms with Crippen LogP contribution in [0.1, 0.15) is 95.1 Å². The Kier molecular flexibility index (Phi) is 12.3. The maximum absolute atomic E-state index is 8.56. The fourth-order valence-electron chi connectivity index (χ4n) is 3.06. The molecular formula is C22H35N. The Hall–Kier alpha value is -1.29. The van der Waals surface area contributed by atoms with Crippen molar-refractivity contribution >= 4 is 0 Å². The number of nitrogens with zero attached hydrogens (tertiary/aromatic N) is 1. The minimum Gasteiger partial charge on any atom is -0.198 e. The second-order valence-corrected chi connectivity index (χ2v) is 6.76. The summed E-state index contributed by atoms with van der Waals surface area (Å²) < 4.78 is 0. The molecule has 0 fully saturated rings. The SMILES string of the molecule is CCCCCCCCCCCCc1ccc(CCCC#N)cc1. The van der Waals surface area contributed by atoms with E-state index < -0.39 is 0 Å². The lowest BCUT2D eigenvalue weighted by atomic mass is 10.0. The first-order chi connectivity index (χ1) is 11.4. The van der Waals surface area contributed by atoms with Gasteiger partial charge in [0.15, 0.2) is 0 Å². The maximum atomic E-state index is 8.56. The first kappa shape index (κ1) is 19.8. The van der Waals surface area contributed by atoms with Crippen LogP contribution in [-0.2, 0) is 12.8 Å². The van der Waals surface area contributed by atoms with Gasteiger partial charge in [-0.15, -0.1) is 0 Å². The molecule has 1 nitrogen and oxygen atoms in total. The Morgan fingerprint density at radius 3 is 1.57 bits per heavy atom. The van der Waals surface area contributed by atoms with Crippen LogP contribution in [0.2, 0.25) is 0 Å². The van der Waals surface area contributed by atoms with Crippen molar-refractivity contribution in [2.24, 2.45) is 0 Å². The second kappa shape index (κ2) is 14.3. The van der Waals surface area contributed by atoms with Gasteiger partial charge in [-0.2, -0.15) is 5.26 Å². The topological polar surface area (TPSA) is 23.8 Å². The van der Waals surface area contributed by atoms with Crippen LogP contribution in [-0.4, -0.2) is 0 Å². The van der Waals surface area contributed by atoms with Crippen molar-refractivity contribution in [3.63, 3.8) is 0 Å². The highest BCUT2D eigenvalue weighted by molar-refractivity contribution is 5.22.